The zero-order chi connectivity index (χ0) is 17.8. The molecule has 25 heavy (non-hydrogen) atoms. The predicted octanol–water partition coefficient (Wildman–Crippen LogP) is 6.63. The Bertz CT molecular complexity index is 582. The van der Waals surface area contributed by atoms with Crippen molar-refractivity contribution in [2.45, 2.75) is 64.2 Å². The molecule has 0 heterocycles. The number of rotatable bonds is 5. The highest BCUT2D eigenvalue weighted by Crippen LogP contribution is 2.44. The normalized spacial score (nSPS) is 30.0. The predicted molar refractivity (Wildman–Crippen MR) is 97.9 cm³/mol. The van der Waals surface area contributed by atoms with Crippen LogP contribution in [0.25, 0.3) is 0 Å². The van der Waals surface area contributed by atoms with Crippen molar-refractivity contribution in [2.75, 3.05) is 6.61 Å². The monoisotopic (exact) mass is 348 g/mol. The van der Waals surface area contributed by atoms with Gasteiger partial charge in [-0.15, -0.1) is 0 Å². The van der Waals surface area contributed by atoms with Crippen LogP contribution < -0.4 is 4.74 Å². The molecule has 1 aromatic carbocycles. The molecule has 3 heteroatoms. The lowest BCUT2D eigenvalue weighted by molar-refractivity contribution is 0.164. The Morgan fingerprint density at radius 3 is 2.16 bits per heavy atom. The van der Waals surface area contributed by atoms with Gasteiger partial charge in [-0.05, 0) is 73.8 Å². The Balaban J connectivity index is 1.61. The smallest absolute Gasteiger partial charge is 0.200 e. The van der Waals surface area contributed by atoms with Gasteiger partial charge in [0.05, 0.1) is 0 Å². The minimum Gasteiger partial charge on any atom is -0.486 e. The van der Waals surface area contributed by atoms with E-state index >= 15 is 0 Å². The summed E-state index contributed by atoms with van der Waals surface area (Å²) >= 11 is 0. The highest BCUT2D eigenvalue weighted by atomic mass is 19.2. The third-order valence-electron chi connectivity index (χ3n) is 6.37. The van der Waals surface area contributed by atoms with Crippen LogP contribution in [-0.2, 0) is 0 Å². The number of hydrogen-bond donors (Lipinski definition) is 0. The molecule has 2 aliphatic carbocycles. The average Bonchev–Trinajstić information content (AvgIpc) is 2.64. The Morgan fingerprint density at radius 1 is 0.960 bits per heavy atom. The van der Waals surface area contributed by atoms with Crippen LogP contribution in [-0.4, -0.2) is 6.61 Å². The first kappa shape index (κ1) is 18.4. The molecule has 0 unspecified atom stereocenters. The van der Waals surface area contributed by atoms with Gasteiger partial charge in [0, 0.05) is 0 Å². The molecule has 0 spiro atoms. The molecule has 2 aliphatic rings. The van der Waals surface area contributed by atoms with Gasteiger partial charge in [0.2, 0.25) is 5.82 Å². The molecule has 0 aliphatic heterocycles. The van der Waals surface area contributed by atoms with Gasteiger partial charge in [-0.2, -0.15) is 4.39 Å². The van der Waals surface area contributed by atoms with Gasteiger partial charge in [-0.25, -0.2) is 4.39 Å². The summed E-state index contributed by atoms with van der Waals surface area (Å²) in [5.41, 5.74) is 0.527. The molecule has 2 fully saturated rings. The summed E-state index contributed by atoms with van der Waals surface area (Å²) in [5, 5.41) is 0. The summed E-state index contributed by atoms with van der Waals surface area (Å²) < 4.78 is 33.9. The number of halogens is 2. The molecule has 138 valence electrons. The summed E-state index contributed by atoms with van der Waals surface area (Å²) in [7, 11) is 0. The van der Waals surface area contributed by atoms with E-state index in [9.17, 15) is 8.78 Å². The number of ether oxygens (including phenoxy) is 1. The van der Waals surface area contributed by atoms with Gasteiger partial charge in [0.1, 0.15) is 6.61 Å². The maximum Gasteiger partial charge on any atom is 0.200 e. The first-order valence-electron chi connectivity index (χ1n) is 9.81. The fourth-order valence-electron chi connectivity index (χ4n) is 4.78. The van der Waals surface area contributed by atoms with Gasteiger partial charge in [0.15, 0.2) is 11.6 Å². The van der Waals surface area contributed by atoms with Crippen molar-refractivity contribution < 1.29 is 13.5 Å². The summed E-state index contributed by atoms with van der Waals surface area (Å²) in [5.74, 6) is 1.05. The molecule has 0 amide bonds. The molecule has 1 nitrogen and oxygen atoms in total. The molecule has 0 radical (unpaired) electrons. The van der Waals surface area contributed by atoms with Crippen LogP contribution in [0.2, 0.25) is 0 Å². The third-order valence-corrected chi connectivity index (χ3v) is 6.37. The highest BCUT2D eigenvalue weighted by molar-refractivity contribution is 5.33. The zero-order valence-electron chi connectivity index (χ0n) is 15.3. The van der Waals surface area contributed by atoms with E-state index in [2.05, 4.69) is 13.5 Å². The van der Waals surface area contributed by atoms with E-state index in [1.54, 1.807) is 12.1 Å². The van der Waals surface area contributed by atoms with E-state index in [0.717, 1.165) is 43.4 Å². The number of benzene rings is 1. The average molecular weight is 348 g/mol. The van der Waals surface area contributed by atoms with Crippen LogP contribution in [0.1, 0.15) is 69.8 Å². The van der Waals surface area contributed by atoms with Gasteiger partial charge in [0.25, 0.3) is 0 Å². The van der Waals surface area contributed by atoms with E-state index < -0.39 is 11.6 Å². The van der Waals surface area contributed by atoms with Crippen LogP contribution in [0.3, 0.4) is 0 Å². The first-order valence-corrected chi connectivity index (χ1v) is 9.81. The minimum atomic E-state index is -0.859. The molecule has 0 aromatic heterocycles. The van der Waals surface area contributed by atoms with Crippen molar-refractivity contribution in [3.63, 3.8) is 0 Å². The summed E-state index contributed by atoms with van der Waals surface area (Å²) in [6.45, 7) is 6.06. The summed E-state index contributed by atoms with van der Waals surface area (Å²) in [4.78, 5) is 0. The second-order valence-corrected chi connectivity index (χ2v) is 8.01. The summed E-state index contributed by atoms with van der Waals surface area (Å²) in [6.07, 6.45) is 11.2. The third kappa shape index (κ3) is 4.24. The van der Waals surface area contributed by atoms with Crippen molar-refractivity contribution >= 4 is 0 Å². The quantitative estimate of drug-likeness (QED) is 0.543. The van der Waals surface area contributed by atoms with E-state index in [0.29, 0.717) is 5.56 Å². The highest BCUT2D eigenvalue weighted by Gasteiger charge is 2.32. The molecule has 1 aromatic rings. The Morgan fingerprint density at radius 2 is 1.56 bits per heavy atom. The maximum atomic E-state index is 14.5. The Hall–Kier alpha value is -1.38. The van der Waals surface area contributed by atoms with Gasteiger partial charge in [-0.1, -0.05) is 38.5 Å². The van der Waals surface area contributed by atoms with Crippen LogP contribution in [0.4, 0.5) is 8.78 Å². The lowest BCUT2D eigenvalue weighted by atomic mass is 9.68. The molecule has 0 saturated heterocycles. The van der Waals surface area contributed by atoms with Gasteiger partial charge < -0.3 is 4.74 Å². The van der Waals surface area contributed by atoms with Crippen molar-refractivity contribution in [3.8, 4) is 5.75 Å². The van der Waals surface area contributed by atoms with E-state index in [1.165, 1.54) is 31.8 Å². The van der Waals surface area contributed by atoms with Crippen LogP contribution in [0.5, 0.6) is 5.75 Å². The Kier molecular flexibility index (Phi) is 6.14. The molecule has 2 saturated carbocycles. The molecule has 0 N–H and O–H groups in total. The van der Waals surface area contributed by atoms with Crippen molar-refractivity contribution in [2.24, 2.45) is 17.8 Å². The largest absolute Gasteiger partial charge is 0.486 e. The standard InChI is InChI=1S/C22H30F2O/c1-3-14-25-20-13-12-19(21(23)22(20)24)18-10-8-17(9-11-18)16-6-4-15(2)5-7-16/h3,12-13,15-18H,1,4-11,14H2,2H3. The van der Waals surface area contributed by atoms with Crippen molar-refractivity contribution in [1.29, 1.82) is 0 Å². The van der Waals surface area contributed by atoms with E-state index in [1.807, 2.05) is 0 Å². The van der Waals surface area contributed by atoms with Crippen LogP contribution in [0, 0.1) is 29.4 Å². The lowest BCUT2D eigenvalue weighted by Gasteiger charge is -2.37. The van der Waals surface area contributed by atoms with E-state index in [-0.39, 0.29) is 18.3 Å². The topological polar surface area (TPSA) is 9.23 Å². The SMILES string of the molecule is C=CCOc1ccc(C2CCC(C3CCC(C)CC3)CC2)c(F)c1F. The molecule has 0 bridgehead atoms. The summed E-state index contributed by atoms with van der Waals surface area (Å²) in [6, 6.07) is 3.27. The second-order valence-electron chi connectivity index (χ2n) is 8.01. The molecular weight excluding hydrogens is 318 g/mol. The fourth-order valence-corrected chi connectivity index (χ4v) is 4.78. The lowest BCUT2D eigenvalue weighted by Crippen LogP contribution is -2.25. The van der Waals surface area contributed by atoms with Gasteiger partial charge >= 0.3 is 0 Å². The molecular formula is C22H30F2O. The molecule has 3 rings (SSSR count). The Labute approximate surface area is 150 Å². The van der Waals surface area contributed by atoms with Crippen molar-refractivity contribution in [1.82, 2.24) is 0 Å². The first-order chi connectivity index (χ1) is 12.1. The van der Waals surface area contributed by atoms with Gasteiger partial charge in [-0.3, -0.25) is 0 Å². The number of hydrogen-bond acceptors (Lipinski definition) is 1. The van der Waals surface area contributed by atoms with Crippen molar-refractivity contribution in [3.05, 3.63) is 42.0 Å². The van der Waals surface area contributed by atoms with E-state index in [4.69, 9.17) is 4.74 Å². The van der Waals surface area contributed by atoms with Crippen LogP contribution >= 0.6 is 0 Å². The second kappa shape index (κ2) is 8.33. The van der Waals surface area contributed by atoms with Crippen LogP contribution in [0.15, 0.2) is 24.8 Å². The molecule has 0 atom stereocenters. The minimum absolute atomic E-state index is 0.0221. The zero-order valence-corrected chi connectivity index (χ0v) is 15.3. The maximum absolute atomic E-state index is 14.5. The fraction of sp³-hybridized carbons (Fsp3) is 0.636.